The van der Waals surface area contributed by atoms with Crippen molar-refractivity contribution in [3.05, 3.63) is 39.3 Å². The zero-order valence-electron chi connectivity index (χ0n) is 10.4. The van der Waals surface area contributed by atoms with Crippen LogP contribution < -0.4 is 11.1 Å². The number of thiazole rings is 1. The van der Waals surface area contributed by atoms with Gasteiger partial charge in [-0.25, -0.2) is 4.98 Å². The quantitative estimate of drug-likeness (QED) is 0.854. The number of aromatic nitrogens is 1. The molecule has 112 valence electrons. The largest absolute Gasteiger partial charge is 0.418 e. The summed E-state index contributed by atoms with van der Waals surface area (Å²) in [5, 5.41) is 4.13. The number of carbonyl (C=O) groups is 1. The molecule has 0 aliphatic heterocycles. The predicted octanol–water partition coefficient (Wildman–Crippen LogP) is 3.69. The van der Waals surface area contributed by atoms with Crippen molar-refractivity contribution in [1.82, 2.24) is 4.98 Å². The summed E-state index contributed by atoms with van der Waals surface area (Å²) in [6.45, 7) is 0. The van der Waals surface area contributed by atoms with E-state index in [4.69, 9.17) is 5.73 Å². The number of nitrogen functional groups attached to an aromatic ring is 1. The maximum atomic E-state index is 12.9. The number of amides is 1. The van der Waals surface area contributed by atoms with Crippen molar-refractivity contribution in [3.8, 4) is 0 Å². The Bertz CT molecular complexity index is 672. The standard InChI is InChI=1S/C12H9BrF3N3OS/c13-6-1-2-9(8(3-6)12(14,15)16)19-10(20)4-7-5-21-11(17)18-7/h1-3,5H,4H2,(H2,17,18)(H,19,20). The van der Waals surface area contributed by atoms with Crippen LogP contribution >= 0.6 is 27.3 Å². The number of benzene rings is 1. The van der Waals surface area contributed by atoms with Crippen LogP contribution in [-0.2, 0) is 17.4 Å². The van der Waals surface area contributed by atoms with E-state index in [1.165, 1.54) is 12.1 Å². The summed E-state index contributed by atoms with van der Waals surface area (Å²) < 4.78 is 39.0. The summed E-state index contributed by atoms with van der Waals surface area (Å²) in [4.78, 5) is 15.7. The number of hydrogen-bond acceptors (Lipinski definition) is 4. The number of anilines is 2. The minimum Gasteiger partial charge on any atom is -0.375 e. The number of nitrogens with two attached hydrogens (primary N) is 1. The lowest BCUT2D eigenvalue weighted by atomic mass is 10.1. The summed E-state index contributed by atoms with van der Waals surface area (Å²) in [5.41, 5.74) is 4.64. The third kappa shape index (κ3) is 4.18. The van der Waals surface area contributed by atoms with E-state index in [0.29, 0.717) is 10.8 Å². The van der Waals surface area contributed by atoms with Gasteiger partial charge < -0.3 is 11.1 Å². The second-order valence-electron chi connectivity index (χ2n) is 4.09. The van der Waals surface area contributed by atoms with Crippen molar-refractivity contribution in [2.24, 2.45) is 0 Å². The molecule has 1 heterocycles. The summed E-state index contributed by atoms with van der Waals surface area (Å²) in [6.07, 6.45) is -4.70. The first kappa shape index (κ1) is 15.8. The molecule has 2 aromatic rings. The molecule has 1 aromatic heterocycles. The first-order chi connectivity index (χ1) is 9.75. The Labute approximate surface area is 130 Å². The van der Waals surface area contributed by atoms with Gasteiger partial charge in [0.05, 0.1) is 23.4 Å². The van der Waals surface area contributed by atoms with Crippen LogP contribution in [0.3, 0.4) is 0 Å². The van der Waals surface area contributed by atoms with Crippen molar-refractivity contribution in [1.29, 1.82) is 0 Å². The topological polar surface area (TPSA) is 68.0 Å². The molecule has 0 aliphatic rings. The molecule has 3 N–H and O–H groups in total. The summed E-state index contributed by atoms with van der Waals surface area (Å²) >= 11 is 4.14. The van der Waals surface area contributed by atoms with Crippen molar-refractivity contribution in [2.45, 2.75) is 12.6 Å². The lowest BCUT2D eigenvalue weighted by Gasteiger charge is -2.14. The molecule has 0 fully saturated rings. The van der Waals surface area contributed by atoms with E-state index >= 15 is 0 Å². The Morgan fingerprint density at radius 1 is 1.43 bits per heavy atom. The van der Waals surface area contributed by atoms with Crippen molar-refractivity contribution < 1.29 is 18.0 Å². The molecule has 4 nitrogen and oxygen atoms in total. The minimum absolute atomic E-state index is 0.138. The second kappa shape index (κ2) is 6.02. The van der Waals surface area contributed by atoms with Crippen LogP contribution in [-0.4, -0.2) is 10.9 Å². The van der Waals surface area contributed by atoms with Crippen molar-refractivity contribution >= 4 is 44.0 Å². The normalized spacial score (nSPS) is 11.4. The molecule has 1 aromatic carbocycles. The summed E-state index contributed by atoms with van der Waals surface area (Å²) in [6, 6.07) is 3.53. The molecule has 0 radical (unpaired) electrons. The highest BCUT2D eigenvalue weighted by Gasteiger charge is 2.34. The van der Waals surface area contributed by atoms with Crippen LogP contribution in [0.25, 0.3) is 0 Å². The summed E-state index contributed by atoms with van der Waals surface area (Å²) in [7, 11) is 0. The minimum atomic E-state index is -4.56. The zero-order chi connectivity index (χ0) is 15.6. The van der Waals surface area contributed by atoms with E-state index in [0.717, 1.165) is 17.4 Å². The van der Waals surface area contributed by atoms with Crippen LogP contribution in [0.1, 0.15) is 11.3 Å². The average Bonchev–Trinajstić information content (AvgIpc) is 2.75. The van der Waals surface area contributed by atoms with E-state index in [1.54, 1.807) is 5.38 Å². The monoisotopic (exact) mass is 379 g/mol. The molecular formula is C12H9BrF3N3OS. The van der Waals surface area contributed by atoms with Crippen LogP contribution in [0.4, 0.5) is 24.0 Å². The average molecular weight is 380 g/mol. The third-order valence-corrected chi connectivity index (χ3v) is 3.69. The van der Waals surface area contributed by atoms with Gasteiger partial charge in [0.15, 0.2) is 5.13 Å². The lowest BCUT2D eigenvalue weighted by Crippen LogP contribution is -2.18. The Morgan fingerprint density at radius 3 is 2.71 bits per heavy atom. The number of hydrogen-bond donors (Lipinski definition) is 2. The Kier molecular flexibility index (Phi) is 4.52. The molecule has 0 saturated heterocycles. The fourth-order valence-corrected chi connectivity index (χ4v) is 2.55. The van der Waals surface area contributed by atoms with Gasteiger partial charge in [-0.2, -0.15) is 13.2 Å². The highest BCUT2D eigenvalue weighted by atomic mass is 79.9. The van der Waals surface area contributed by atoms with Gasteiger partial charge in [-0.05, 0) is 18.2 Å². The molecule has 0 atom stereocenters. The number of carbonyl (C=O) groups excluding carboxylic acids is 1. The van der Waals surface area contributed by atoms with Gasteiger partial charge in [0.25, 0.3) is 0 Å². The number of nitrogens with zero attached hydrogens (tertiary/aromatic N) is 1. The van der Waals surface area contributed by atoms with Crippen molar-refractivity contribution in [2.75, 3.05) is 11.1 Å². The molecule has 21 heavy (non-hydrogen) atoms. The maximum absolute atomic E-state index is 12.9. The first-order valence-corrected chi connectivity index (χ1v) is 7.29. The molecule has 0 bridgehead atoms. The Morgan fingerprint density at radius 2 is 2.14 bits per heavy atom. The van der Waals surface area contributed by atoms with Gasteiger partial charge >= 0.3 is 6.18 Å². The van der Waals surface area contributed by atoms with Gasteiger partial charge in [-0.3, -0.25) is 4.79 Å². The molecule has 1 amide bonds. The predicted molar refractivity (Wildman–Crippen MR) is 78.0 cm³/mol. The maximum Gasteiger partial charge on any atom is 0.418 e. The van der Waals surface area contributed by atoms with Crippen LogP contribution in [0.5, 0.6) is 0 Å². The molecule has 2 rings (SSSR count). The molecule has 0 saturated carbocycles. The van der Waals surface area contributed by atoms with Gasteiger partial charge in [0.1, 0.15) is 0 Å². The second-order valence-corrected chi connectivity index (χ2v) is 5.90. The fourth-order valence-electron chi connectivity index (χ4n) is 1.62. The lowest BCUT2D eigenvalue weighted by molar-refractivity contribution is -0.137. The molecule has 9 heteroatoms. The van der Waals surface area contributed by atoms with E-state index in [9.17, 15) is 18.0 Å². The third-order valence-electron chi connectivity index (χ3n) is 2.47. The Hall–Kier alpha value is -1.61. The molecule has 0 aliphatic carbocycles. The van der Waals surface area contributed by atoms with E-state index in [2.05, 4.69) is 26.2 Å². The smallest absolute Gasteiger partial charge is 0.375 e. The molecular weight excluding hydrogens is 371 g/mol. The van der Waals surface area contributed by atoms with Gasteiger partial charge in [-0.1, -0.05) is 15.9 Å². The summed E-state index contributed by atoms with van der Waals surface area (Å²) in [5.74, 6) is -0.590. The van der Waals surface area contributed by atoms with Crippen LogP contribution in [0, 0.1) is 0 Å². The van der Waals surface area contributed by atoms with Crippen LogP contribution in [0.2, 0.25) is 0 Å². The first-order valence-electron chi connectivity index (χ1n) is 5.62. The number of rotatable bonds is 3. The molecule has 0 unspecified atom stereocenters. The SMILES string of the molecule is Nc1nc(CC(=O)Nc2ccc(Br)cc2C(F)(F)F)cs1. The number of halogens is 4. The highest BCUT2D eigenvalue weighted by molar-refractivity contribution is 9.10. The zero-order valence-corrected chi connectivity index (χ0v) is 12.8. The molecule has 0 spiro atoms. The van der Waals surface area contributed by atoms with Gasteiger partial charge in [0.2, 0.25) is 5.91 Å². The van der Waals surface area contributed by atoms with E-state index in [1.807, 2.05) is 0 Å². The van der Waals surface area contributed by atoms with E-state index < -0.39 is 17.6 Å². The Balaban J connectivity index is 2.17. The fraction of sp³-hybridized carbons (Fsp3) is 0.167. The van der Waals surface area contributed by atoms with E-state index in [-0.39, 0.29) is 16.6 Å². The number of nitrogens with one attached hydrogen (secondary N) is 1. The van der Waals surface area contributed by atoms with Gasteiger partial charge in [0, 0.05) is 9.85 Å². The van der Waals surface area contributed by atoms with Gasteiger partial charge in [-0.15, -0.1) is 11.3 Å². The van der Waals surface area contributed by atoms with Crippen molar-refractivity contribution in [3.63, 3.8) is 0 Å². The van der Waals surface area contributed by atoms with Crippen LogP contribution in [0.15, 0.2) is 28.1 Å². The number of alkyl halides is 3. The highest BCUT2D eigenvalue weighted by Crippen LogP contribution is 2.36.